The molecule has 1 aromatic heterocycles. The molecule has 0 bridgehead atoms. The molecule has 8 nitrogen and oxygen atoms in total. The van der Waals surface area contributed by atoms with Crippen LogP contribution in [0.15, 0.2) is 78.0 Å². The molecule has 3 aromatic rings. The van der Waals surface area contributed by atoms with E-state index in [0.29, 0.717) is 22.7 Å². The van der Waals surface area contributed by atoms with Crippen LogP contribution in [0.25, 0.3) is 0 Å². The van der Waals surface area contributed by atoms with Gasteiger partial charge in [0.15, 0.2) is 5.78 Å². The highest BCUT2D eigenvalue weighted by atomic mass is 32.2. The Labute approximate surface area is 180 Å². The predicted octanol–water partition coefficient (Wildman–Crippen LogP) is 3.13. The maximum Gasteiger partial charge on any atom is 0.266 e. The maximum atomic E-state index is 13.2. The molecular formula is C22H21N3O5S. The van der Waals surface area contributed by atoms with E-state index in [1.807, 2.05) is 0 Å². The Morgan fingerprint density at radius 3 is 2.26 bits per heavy atom. The summed E-state index contributed by atoms with van der Waals surface area (Å²) in [5.41, 5.74) is 1.26. The number of ether oxygens (including phenoxy) is 1. The molecule has 0 aliphatic heterocycles. The van der Waals surface area contributed by atoms with E-state index in [1.54, 1.807) is 48.5 Å². The first kappa shape index (κ1) is 22.0. The van der Waals surface area contributed by atoms with Gasteiger partial charge in [0.25, 0.3) is 10.0 Å². The third-order valence-electron chi connectivity index (χ3n) is 4.45. The number of rotatable bonds is 8. The van der Waals surface area contributed by atoms with Gasteiger partial charge in [0.1, 0.15) is 17.2 Å². The van der Waals surface area contributed by atoms with Crippen molar-refractivity contribution < 1.29 is 22.7 Å². The average Bonchev–Trinajstić information content (AvgIpc) is 2.78. The number of Topliss-reactive ketones (excluding diaryl/α,β-unsaturated/α-hetero) is 1. The van der Waals surface area contributed by atoms with E-state index in [2.05, 4.69) is 10.3 Å². The van der Waals surface area contributed by atoms with E-state index in [0.717, 1.165) is 4.31 Å². The number of nitrogens with zero attached hydrogens (tertiary/aromatic N) is 2. The molecule has 0 saturated carbocycles. The van der Waals surface area contributed by atoms with Crippen LogP contribution >= 0.6 is 0 Å². The number of hydrogen-bond donors (Lipinski definition) is 1. The smallest absolute Gasteiger partial charge is 0.266 e. The first-order chi connectivity index (χ1) is 14.8. The van der Waals surface area contributed by atoms with Crippen LogP contribution in [0.4, 0.5) is 11.4 Å². The maximum absolute atomic E-state index is 13.2. The minimum absolute atomic E-state index is 0.0376. The van der Waals surface area contributed by atoms with Gasteiger partial charge in [-0.25, -0.2) is 8.42 Å². The topological polar surface area (TPSA) is 106 Å². The summed E-state index contributed by atoms with van der Waals surface area (Å²) < 4.78 is 32.6. The van der Waals surface area contributed by atoms with E-state index < -0.39 is 22.5 Å². The second-order valence-corrected chi connectivity index (χ2v) is 8.44. The Hall–Kier alpha value is -3.72. The van der Waals surface area contributed by atoms with Crippen molar-refractivity contribution in [3.05, 3.63) is 78.6 Å². The highest BCUT2D eigenvalue weighted by molar-refractivity contribution is 7.92. The van der Waals surface area contributed by atoms with Gasteiger partial charge in [-0.1, -0.05) is 0 Å². The van der Waals surface area contributed by atoms with Crippen molar-refractivity contribution in [1.29, 1.82) is 0 Å². The Balaban J connectivity index is 1.88. The highest BCUT2D eigenvalue weighted by Crippen LogP contribution is 2.25. The molecule has 0 aliphatic rings. The second kappa shape index (κ2) is 9.40. The lowest BCUT2D eigenvalue weighted by atomic mass is 10.1. The highest BCUT2D eigenvalue weighted by Gasteiger charge is 2.27. The van der Waals surface area contributed by atoms with Crippen molar-refractivity contribution in [3.8, 4) is 5.75 Å². The first-order valence-corrected chi connectivity index (χ1v) is 10.7. The molecule has 0 atom stereocenters. The molecule has 1 amide bonds. The molecule has 0 saturated heterocycles. The summed E-state index contributed by atoms with van der Waals surface area (Å²) in [6.45, 7) is 0.988. The van der Waals surface area contributed by atoms with Gasteiger partial charge >= 0.3 is 0 Å². The van der Waals surface area contributed by atoms with Gasteiger partial charge in [-0.05, 0) is 67.6 Å². The monoisotopic (exact) mass is 439 g/mol. The summed E-state index contributed by atoms with van der Waals surface area (Å²) in [6.07, 6.45) is 2.69. The number of pyridine rings is 1. The summed E-state index contributed by atoms with van der Waals surface area (Å²) in [7, 11) is -2.55. The Morgan fingerprint density at radius 2 is 1.71 bits per heavy atom. The van der Waals surface area contributed by atoms with E-state index in [1.165, 1.54) is 38.6 Å². The molecule has 9 heteroatoms. The van der Waals surface area contributed by atoms with E-state index in [9.17, 15) is 18.0 Å². The minimum atomic E-state index is -4.05. The SMILES string of the molecule is COc1ccc(N(CC(=O)Nc2ccc(C(C)=O)cc2)S(=O)(=O)c2cccnc2)cc1. The summed E-state index contributed by atoms with van der Waals surface area (Å²) in [6, 6.07) is 15.6. The number of methoxy groups -OCH3 is 1. The Bertz CT molecular complexity index is 1160. The van der Waals surface area contributed by atoms with Gasteiger partial charge in [0.05, 0.1) is 12.8 Å². The lowest BCUT2D eigenvalue weighted by Gasteiger charge is -2.24. The van der Waals surface area contributed by atoms with Gasteiger partial charge in [0.2, 0.25) is 5.91 Å². The van der Waals surface area contributed by atoms with Crippen LogP contribution < -0.4 is 14.4 Å². The van der Waals surface area contributed by atoms with Gasteiger partial charge in [-0.2, -0.15) is 0 Å². The number of aromatic nitrogens is 1. The molecule has 2 aromatic carbocycles. The molecule has 160 valence electrons. The van der Waals surface area contributed by atoms with Crippen LogP contribution in [-0.4, -0.2) is 38.7 Å². The predicted molar refractivity (Wildman–Crippen MR) is 117 cm³/mol. The van der Waals surface area contributed by atoms with Crippen molar-refractivity contribution in [3.63, 3.8) is 0 Å². The number of ketones is 1. The summed E-state index contributed by atoms with van der Waals surface area (Å²) in [4.78, 5) is 27.9. The number of amides is 1. The van der Waals surface area contributed by atoms with E-state index in [4.69, 9.17) is 4.74 Å². The van der Waals surface area contributed by atoms with Gasteiger partial charge < -0.3 is 10.1 Å². The van der Waals surface area contributed by atoms with Crippen LogP contribution in [0, 0.1) is 0 Å². The summed E-state index contributed by atoms with van der Waals surface area (Å²) in [5, 5.41) is 2.66. The van der Waals surface area contributed by atoms with Gasteiger partial charge in [0, 0.05) is 23.6 Å². The molecule has 0 aliphatic carbocycles. The van der Waals surface area contributed by atoms with Crippen LogP contribution in [0.1, 0.15) is 17.3 Å². The minimum Gasteiger partial charge on any atom is -0.497 e. The molecule has 1 heterocycles. The zero-order valence-electron chi connectivity index (χ0n) is 17.0. The lowest BCUT2D eigenvalue weighted by Crippen LogP contribution is -2.38. The fourth-order valence-corrected chi connectivity index (χ4v) is 4.20. The lowest BCUT2D eigenvalue weighted by molar-refractivity contribution is -0.114. The van der Waals surface area contributed by atoms with E-state index >= 15 is 0 Å². The van der Waals surface area contributed by atoms with Crippen molar-refractivity contribution in [2.75, 3.05) is 23.3 Å². The second-order valence-electron chi connectivity index (χ2n) is 6.58. The fourth-order valence-electron chi connectivity index (χ4n) is 2.81. The van der Waals surface area contributed by atoms with Crippen molar-refractivity contribution in [2.45, 2.75) is 11.8 Å². The van der Waals surface area contributed by atoms with Crippen LogP contribution in [0.5, 0.6) is 5.75 Å². The van der Waals surface area contributed by atoms with Gasteiger partial charge in [-0.3, -0.25) is 18.9 Å². The molecular weight excluding hydrogens is 418 g/mol. The number of carbonyl (C=O) groups is 2. The number of anilines is 2. The summed E-state index contributed by atoms with van der Waals surface area (Å²) >= 11 is 0. The van der Waals surface area contributed by atoms with Crippen LogP contribution in [-0.2, 0) is 14.8 Å². The largest absolute Gasteiger partial charge is 0.497 e. The third-order valence-corrected chi connectivity index (χ3v) is 6.20. The van der Waals surface area contributed by atoms with Crippen molar-refractivity contribution in [1.82, 2.24) is 4.98 Å². The molecule has 0 radical (unpaired) electrons. The molecule has 3 rings (SSSR count). The van der Waals surface area contributed by atoms with Crippen molar-refractivity contribution in [2.24, 2.45) is 0 Å². The van der Waals surface area contributed by atoms with E-state index in [-0.39, 0.29) is 10.7 Å². The zero-order valence-corrected chi connectivity index (χ0v) is 17.8. The molecule has 1 N–H and O–H groups in total. The van der Waals surface area contributed by atoms with Crippen LogP contribution in [0.2, 0.25) is 0 Å². The summed E-state index contributed by atoms with van der Waals surface area (Å²) in [5.74, 6) is -0.0810. The third kappa shape index (κ3) is 5.26. The first-order valence-electron chi connectivity index (χ1n) is 9.29. The zero-order chi connectivity index (χ0) is 22.4. The van der Waals surface area contributed by atoms with Crippen molar-refractivity contribution >= 4 is 33.1 Å². The Morgan fingerprint density at radius 1 is 1.03 bits per heavy atom. The molecule has 0 unspecified atom stereocenters. The standard InChI is InChI=1S/C22H21N3O5S/c1-16(26)17-5-7-18(8-6-17)24-22(27)15-25(19-9-11-20(30-2)12-10-19)31(28,29)21-4-3-13-23-14-21/h3-14H,15H2,1-2H3,(H,24,27). The molecule has 0 spiro atoms. The number of nitrogens with one attached hydrogen (secondary N) is 1. The number of hydrogen-bond acceptors (Lipinski definition) is 6. The quantitative estimate of drug-likeness (QED) is 0.541. The van der Waals surface area contributed by atoms with Crippen LogP contribution in [0.3, 0.4) is 0 Å². The fraction of sp³-hybridized carbons (Fsp3) is 0.136. The number of carbonyl (C=O) groups excluding carboxylic acids is 2. The Kier molecular flexibility index (Phi) is 6.66. The number of sulfonamides is 1. The molecule has 0 fully saturated rings. The van der Waals surface area contributed by atoms with Gasteiger partial charge in [-0.15, -0.1) is 0 Å². The molecule has 31 heavy (non-hydrogen) atoms. The normalized spacial score (nSPS) is 10.9. The number of benzene rings is 2. The average molecular weight is 439 g/mol.